The number of likely N-dealkylation sites (tertiary alicyclic amines) is 1. The average molecular weight is 284 g/mol. The van der Waals surface area contributed by atoms with E-state index in [0.717, 1.165) is 12.8 Å². The van der Waals surface area contributed by atoms with E-state index >= 15 is 0 Å². The number of carboxylic acid groups (broad SMARTS) is 1. The number of nitrogens with zero attached hydrogens (tertiary/aromatic N) is 1. The SMILES string of the molecule is COC1CC(C(=O)O)N(C(=O)NCC2CCCCC2)C1. The van der Waals surface area contributed by atoms with Crippen LogP contribution in [0.3, 0.4) is 0 Å². The minimum Gasteiger partial charge on any atom is -0.480 e. The van der Waals surface area contributed by atoms with Crippen LogP contribution in [-0.2, 0) is 9.53 Å². The van der Waals surface area contributed by atoms with Crippen molar-refractivity contribution in [2.24, 2.45) is 5.92 Å². The summed E-state index contributed by atoms with van der Waals surface area (Å²) < 4.78 is 5.18. The standard InChI is InChI=1S/C14H24N2O4/c1-20-11-7-12(13(17)18)16(9-11)14(19)15-8-10-5-3-2-4-6-10/h10-12H,2-9H2,1H3,(H,15,19)(H,17,18). The molecule has 20 heavy (non-hydrogen) atoms. The van der Waals surface area contributed by atoms with Crippen molar-refractivity contribution in [1.82, 2.24) is 10.2 Å². The van der Waals surface area contributed by atoms with Gasteiger partial charge in [-0.15, -0.1) is 0 Å². The minimum absolute atomic E-state index is 0.184. The Morgan fingerprint density at radius 1 is 1.30 bits per heavy atom. The summed E-state index contributed by atoms with van der Waals surface area (Å²) in [5, 5.41) is 12.1. The normalized spacial score (nSPS) is 27.6. The Hall–Kier alpha value is -1.30. The highest BCUT2D eigenvalue weighted by molar-refractivity contribution is 5.83. The van der Waals surface area contributed by atoms with Crippen molar-refractivity contribution in [2.75, 3.05) is 20.2 Å². The second-order valence-electron chi connectivity index (χ2n) is 5.79. The molecule has 0 spiro atoms. The summed E-state index contributed by atoms with van der Waals surface area (Å²) in [7, 11) is 1.55. The quantitative estimate of drug-likeness (QED) is 0.819. The van der Waals surface area contributed by atoms with E-state index in [1.54, 1.807) is 7.11 Å². The number of rotatable bonds is 4. The Balaban J connectivity index is 1.85. The summed E-state index contributed by atoms with van der Waals surface area (Å²) in [4.78, 5) is 24.8. The van der Waals surface area contributed by atoms with Crippen molar-refractivity contribution in [1.29, 1.82) is 0 Å². The first kappa shape index (κ1) is 15.1. The van der Waals surface area contributed by atoms with Crippen LogP contribution in [0.2, 0.25) is 0 Å². The molecule has 0 radical (unpaired) electrons. The summed E-state index contributed by atoms with van der Waals surface area (Å²) in [6, 6.07) is -1.05. The van der Waals surface area contributed by atoms with Gasteiger partial charge in [-0.1, -0.05) is 19.3 Å². The lowest BCUT2D eigenvalue weighted by atomic mass is 9.89. The maximum Gasteiger partial charge on any atom is 0.326 e. The van der Waals surface area contributed by atoms with Gasteiger partial charge in [0.1, 0.15) is 6.04 Å². The highest BCUT2D eigenvalue weighted by Crippen LogP contribution is 2.24. The number of carbonyl (C=O) groups excluding carboxylic acids is 1. The van der Waals surface area contributed by atoms with Gasteiger partial charge in [0.2, 0.25) is 0 Å². The fraction of sp³-hybridized carbons (Fsp3) is 0.857. The molecule has 2 unspecified atom stereocenters. The van der Waals surface area contributed by atoms with Crippen molar-refractivity contribution >= 4 is 12.0 Å². The molecule has 0 aromatic heterocycles. The number of nitrogens with one attached hydrogen (secondary N) is 1. The van der Waals surface area contributed by atoms with Crippen LogP contribution in [0.1, 0.15) is 38.5 Å². The number of hydrogen-bond acceptors (Lipinski definition) is 3. The second-order valence-corrected chi connectivity index (χ2v) is 5.79. The Morgan fingerprint density at radius 3 is 2.60 bits per heavy atom. The summed E-state index contributed by atoms with van der Waals surface area (Å²) in [6.45, 7) is 1.00. The Labute approximate surface area is 119 Å². The number of amides is 2. The van der Waals surface area contributed by atoms with Gasteiger partial charge in [0.15, 0.2) is 0 Å². The molecular formula is C14H24N2O4. The van der Waals surface area contributed by atoms with E-state index in [1.807, 2.05) is 0 Å². The van der Waals surface area contributed by atoms with E-state index in [0.29, 0.717) is 25.4 Å². The van der Waals surface area contributed by atoms with E-state index in [2.05, 4.69) is 5.32 Å². The maximum absolute atomic E-state index is 12.2. The van der Waals surface area contributed by atoms with Crippen LogP contribution < -0.4 is 5.32 Å². The molecule has 1 heterocycles. The van der Waals surface area contributed by atoms with Crippen LogP contribution >= 0.6 is 0 Å². The van der Waals surface area contributed by atoms with Crippen molar-refractivity contribution in [3.8, 4) is 0 Å². The van der Waals surface area contributed by atoms with E-state index in [4.69, 9.17) is 4.74 Å². The molecule has 1 saturated carbocycles. The van der Waals surface area contributed by atoms with E-state index in [9.17, 15) is 14.7 Å². The number of hydrogen-bond donors (Lipinski definition) is 2. The number of aliphatic carboxylic acids is 1. The summed E-state index contributed by atoms with van der Waals surface area (Å²) in [5.41, 5.74) is 0. The number of urea groups is 1. The molecule has 2 amide bonds. The van der Waals surface area contributed by atoms with Crippen LogP contribution in [-0.4, -0.2) is 54.4 Å². The van der Waals surface area contributed by atoms with Crippen LogP contribution in [0.4, 0.5) is 4.79 Å². The van der Waals surface area contributed by atoms with Crippen LogP contribution in [0.25, 0.3) is 0 Å². The summed E-state index contributed by atoms with van der Waals surface area (Å²) >= 11 is 0. The van der Waals surface area contributed by atoms with Gasteiger partial charge in [-0.05, 0) is 18.8 Å². The number of methoxy groups -OCH3 is 1. The van der Waals surface area contributed by atoms with E-state index in [-0.39, 0.29) is 12.1 Å². The largest absolute Gasteiger partial charge is 0.480 e. The highest BCUT2D eigenvalue weighted by Gasteiger charge is 2.39. The fourth-order valence-corrected chi connectivity index (χ4v) is 3.15. The fourth-order valence-electron chi connectivity index (χ4n) is 3.15. The predicted molar refractivity (Wildman–Crippen MR) is 73.5 cm³/mol. The van der Waals surface area contributed by atoms with Crippen molar-refractivity contribution in [2.45, 2.75) is 50.7 Å². The molecule has 2 atom stereocenters. The molecule has 0 bridgehead atoms. The molecular weight excluding hydrogens is 260 g/mol. The molecule has 1 saturated heterocycles. The zero-order chi connectivity index (χ0) is 14.5. The lowest BCUT2D eigenvalue weighted by Crippen LogP contribution is -2.47. The van der Waals surface area contributed by atoms with Gasteiger partial charge in [-0.25, -0.2) is 9.59 Å². The smallest absolute Gasteiger partial charge is 0.326 e. The lowest BCUT2D eigenvalue weighted by Gasteiger charge is -2.25. The molecule has 1 aliphatic carbocycles. The van der Waals surface area contributed by atoms with E-state index in [1.165, 1.54) is 24.2 Å². The molecule has 2 rings (SSSR count). The molecule has 2 fully saturated rings. The van der Waals surface area contributed by atoms with Gasteiger partial charge in [0.25, 0.3) is 0 Å². The molecule has 2 aliphatic rings. The molecule has 0 aromatic rings. The molecule has 2 N–H and O–H groups in total. The van der Waals surface area contributed by atoms with Gasteiger partial charge in [0, 0.05) is 26.6 Å². The number of ether oxygens (including phenoxy) is 1. The van der Waals surface area contributed by atoms with E-state index < -0.39 is 12.0 Å². The summed E-state index contributed by atoms with van der Waals surface area (Å²) in [5.74, 6) is -0.422. The number of carboxylic acids is 1. The predicted octanol–water partition coefficient (Wildman–Crippen LogP) is 1.45. The van der Waals surface area contributed by atoms with Crippen molar-refractivity contribution in [3.63, 3.8) is 0 Å². The minimum atomic E-state index is -0.961. The number of carbonyl (C=O) groups is 2. The van der Waals surface area contributed by atoms with Crippen LogP contribution in [0.15, 0.2) is 0 Å². The second kappa shape index (κ2) is 6.92. The lowest BCUT2D eigenvalue weighted by molar-refractivity contribution is -0.141. The monoisotopic (exact) mass is 284 g/mol. The Kier molecular flexibility index (Phi) is 5.23. The molecule has 1 aliphatic heterocycles. The van der Waals surface area contributed by atoms with Crippen LogP contribution in [0.5, 0.6) is 0 Å². The van der Waals surface area contributed by atoms with Crippen LogP contribution in [0, 0.1) is 5.92 Å². The first-order valence-corrected chi connectivity index (χ1v) is 7.42. The first-order valence-electron chi connectivity index (χ1n) is 7.42. The zero-order valence-corrected chi connectivity index (χ0v) is 12.0. The van der Waals surface area contributed by atoms with Crippen molar-refractivity contribution < 1.29 is 19.4 Å². The highest BCUT2D eigenvalue weighted by atomic mass is 16.5. The Bertz CT molecular complexity index is 355. The van der Waals surface area contributed by atoms with Gasteiger partial charge in [-0.3, -0.25) is 0 Å². The van der Waals surface area contributed by atoms with Gasteiger partial charge in [0.05, 0.1) is 6.10 Å². The maximum atomic E-state index is 12.2. The average Bonchev–Trinajstić information content (AvgIpc) is 2.90. The van der Waals surface area contributed by atoms with Gasteiger partial charge in [-0.2, -0.15) is 0 Å². The third-order valence-corrected chi connectivity index (χ3v) is 4.41. The molecule has 114 valence electrons. The first-order chi connectivity index (χ1) is 9.61. The third-order valence-electron chi connectivity index (χ3n) is 4.41. The molecule has 6 heteroatoms. The topological polar surface area (TPSA) is 78.9 Å². The molecule has 0 aromatic carbocycles. The van der Waals surface area contributed by atoms with Gasteiger partial charge >= 0.3 is 12.0 Å². The van der Waals surface area contributed by atoms with Crippen molar-refractivity contribution in [3.05, 3.63) is 0 Å². The third kappa shape index (κ3) is 3.62. The molecule has 6 nitrogen and oxygen atoms in total. The zero-order valence-electron chi connectivity index (χ0n) is 12.0. The summed E-state index contributed by atoms with van der Waals surface area (Å²) in [6.07, 6.45) is 6.24. The Morgan fingerprint density at radius 2 is 2.00 bits per heavy atom. The van der Waals surface area contributed by atoms with Gasteiger partial charge < -0.3 is 20.1 Å².